The quantitative estimate of drug-likeness (QED) is 0.407. The number of ether oxygens (including phenoxy) is 2. The predicted molar refractivity (Wildman–Crippen MR) is 116 cm³/mol. The van der Waals surface area contributed by atoms with Crippen LogP contribution in [-0.2, 0) is 22.6 Å². The number of hydrogen-bond donors (Lipinski definition) is 1. The van der Waals surface area contributed by atoms with Crippen LogP contribution in [0.1, 0.15) is 21.1 Å². The minimum Gasteiger partial charge on any atom is -0.495 e. The molecule has 10 nitrogen and oxygen atoms in total. The van der Waals surface area contributed by atoms with Crippen molar-refractivity contribution in [2.24, 2.45) is 0 Å². The van der Waals surface area contributed by atoms with Gasteiger partial charge in [-0.15, -0.1) is 16.4 Å². The lowest BCUT2D eigenvalue weighted by molar-refractivity contribution is -0.115. The third-order valence-electron chi connectivity index (χ3n) is 4.34. The molecule has 4 aromatic rings. The topological polar surface area (TPSA) is 121 Å². The summed E-state index contributed by atoms with van der Waals surface area (Å²) in [4.78, 5) is 29.1. The highest BCUT2D eigenvalue weighted by Gasteiger charge is 2.13. The Morgan fingerprint density at radius 2 is 2.03 bits per heavy atom. The van der Waals surface area contributed by atoms with Crippen molar-refractivity contribution in [3.05, 3.63) is 76.5 Å². The number of nitrogens with zero attached hydrogens (tertiary/aromatic N) is 5. The predicted octanol–water partition coefficient (Wildman–Crippen LogP) is 2.67. The van der Waals surface area contributed by atoms with Crippen LogP contribution in [0.3, 0.4) is 0 Å². The molecule has 0 spiro atoms. The summed E-state index contributed by atoms with van der Waals surface area (Å²) < 4.78 is 12.0. The maximum Gasteiger partial charge on any atom is 0.338 e. The van der Waals surface area contributed by atoms with Crippen LogP contribution in [0.5, 0.6) is 5.75 Å². The molecule has 0 saturated carbocycles. The summed E-state index contributed by atoms with van der Waals surface area (Å²) in [5.74, 6) is -0.132. The van der Waals surface area contributed by atoms with Crippen molar-refractivity contribution < 1.29 is 19.1 Å². The second kappa shape index (κ2) is 9.79. The number of methoxy groups -OCH3 is 1. The molecule has 0 aliphatic heterocycles. The minimum atomic E-state index is -0.497. The van der Waals surface area contributed by atoms with Gasteiger partial charge in [0.25, 0.3) is 0 Å². The van der Waals surface area contributed by atoms with Gasteiger partial charge in [-0.1, -0.05) is 18.2 Å². The number of carbonyl (C=O) groups excluding carboxylic acids is 2. The molecule has 2 aromatic heterocycles. The fourth-order valence-electron chi connectivity index (χ4n) is 2.85. The molecule has 0 saturated heterocycles. The fraction of sp³-hybridized carbons (Fsp3) is 0.143. The van der Waals surface area contributed by atoms with E-state index in [0.29, 0.717) is 33.4 Å². The molecule has 2 heterocycles. The zero-order valence-corrected chi connectivity index (χ0v) is 17.8. The van der Waals surface area contributed by atoms with E-state index in [4.69, 9.17) is 9.47 Å². The van der Waals surface area contributed by atoms with Gasteiger partial charge in [0.1, 0.15) is 23.7 Å². The van der Waals surface area contributed by atoms with Crippen molar-refractivity contribution in [1.29, 1.82) is 0 Å². The number of para-hydroxylation sites is 2. The van der Waals surface area contributed by atoms with Gasteiger partial charge in [0.2, 0.25) is 5.91 Å². The molecule has 0 aliphatic rings. The van der Waals surface area contributed by atoms with Crippen LogP contribution in [0, 0.1) is 0 Å². The van der Waals surface area contributed by atoms with Gasteiger partial charge in [-0.3, -0.25) is 4.79 Å². The second-order valence-corrected chi connectivity index (χ2v) is 7.48. The van der Waals surface area contributed by atoms with Gasteiger partial charge in [-0.05, 0) is 40.8 Å². The van der Waals surface area contributed by atoms with E-state index in [9.17, 15) is 9.59 Å². The zero-order chi connectivity index (χ0) is 22.3. The number of rotatable bonds is 8. The Balaban J connectivity index is 1.32. The number of anilines is 1. The Hall–Kier alpha value is -4.12. The van der Waals surface area contributed by atoms with Crippen molar-refractivity contribution >= 4 is 28.9 Å². The maximum absolute atomic E-state index is 12.4. The van der Waals surface area contributed by atoms with E-state index in [2.05, 4.69) is 25.8 Å². The number of thiazole rings is 1. The van der Waals surface area contributed by atoms with Gasteiger partial charge < -0.3 is 14.8 Å². The van der Waals surface area contributed by atoms with Crippen molar-refractivity contribution in [1.82, 2.24) is 25.2 Å². The lowest BCUT2D eigenvalue weighted by atomic mass is 10.2. The number of amides is 1. The first-order valence-electron chi connectivity index (χ1n) is 9.49. The maximum atomic E-state index is 12.4. The molecule has 0 fully saturated rings. The first-order valence-corrected chi connectivity index (χ1v) is 10.4. The Morgan fingerprint density at radius 1 is 1.16 bits per heavy atom. The number of nitrogens with one attached hydrogen (secondary N) is 1. The van der Waals surface area contributed by atoms with E-state index in [1.54, 1.807) is 48.9 Å². The number of benzene rings is 2. The average molecular weight is 450 g/mol. The summed E-state index contributed by atoms with van der Waals surface area (Å²) in [6.07, 6.45) is 1.54. The summed E-state index contributed by atoms with van der Waals surface area (Å²) in [5, 5.41) is 16.1. The highest BCUT2D eigenvalue weighted by molar-refractivity contribution is 7.09. The van der Waals surface area contributed by atoms with Crippen molar-refractivity contribution in [2.75, 3.05) is 12.4 Å². The van der Waals surface area contributed by atoms with Crippen LogP contribution in [-0.4, -0.2) is 44.2 Å². The Morgan fingerprint density at radius 3 is 2.84 bits per heavy atom. The van der Waals surface area contributed by atoms with Crippen LogP contribution in [0.4, 0.5) is 5.69 Å². The van der Waals surface area contributed by atoms with Gasteiger partial charge in [0.15, 0.2) is 0 Å². The molecule has 4 rings (SSSR count). The SMILES string of the molecule is COc1ccccc1NC(=O)Cc1nc(COC(=O)c2cccc(-n3cnnn3)c2)cs1. The Kier molecular flexibility index (Phi) is 6.46. The highest BCUT2D eigenvalue weighted by Crippen LogP contribution is 2.23. The molecular weight excluding hydrogens is 432 g/mol. The van der Waals surface area contributed by atoms with E-state index >= 15 is 0 Å². The van der Waals surface area contributed by atoms with Gasteiger partial charge in [-0.2, -0.15) is 0 Å². The summed E-state index contributed by atoms with van der Waals surface area (Å²) in [6, 6.07) is 13.9. The third kappa shape index (κ3) is 5.13. The van der Waals surface area contributed by atoms with Crippen molar-refractivity contribution in [3.8, 4) is 11.4 Å². The molecular formula is C21H18N6O4S. The first kappa shape index (κ1) is 21.1. The number of tetrazole rings is 1. The molecule has 0 aliphatic carbocycles. The summed E-state index contributed by atoms with van der Waals surface area (Å²) >= 11 is 1.33. The largest absolute Gasteiger partial charge is 0.495 e. The lowest BCUT2D eigenvalue weighted by Crippen LogP contribution is -2.15. The molecule has 0 bridgehead atoms. The van der Waals surface area contributed by atoms with Gasteiger partial charge >= 0.3 is 5.97 Å². The van der Waals surface area contributed by atoms with E-state index < -0.39 is 5.97 Å². The number of esters is 1. The van der Waals surface area contributed by atoms with E-state index in [0.717, 1.165) is 0 Å². The summed E-state index contributed by atoms with van der Waals surface area (Å²) in [7, 11) is 1.54. The molecule has 1 N–H and O–H groups in total. The molecule has 2 aromatic carbocycles. The van der Waals surface area contributed by atoms with Gasteiger partial charge in [0.05, 0.1) is 36.2 Å². The second-order valence-electron chi connectivity index (χ2n) is 6.54. The highest BCUT2D eigenvalue weighted by atomic mass is 32.1. The van der Waals surface area contributed by atoms with Crippen LogP contribution < -0.4 is 10.1 Å². The van der Waals surface area contributed by atoms with Crippen LogP contribution in [0.15, 0.2) is 60.2 Å². The fourth-order valence-corrected chi connectivity index (χ4v) is 3.63. The average Bonchev–Trinajstić information content (AvgIpc) is 3.50. The number of carbonyl (C=O) groups is 2. The van der Waals surface area contributed by atoms with Crippen molar-refractivity contribution in [2.45, 2.75) is 13.0 Å². The van der Waals surface area contributed by atoms with Crippen LogP contribution >= 0.6 is 11.3 Å². The molecule has 32 heavy (non-hydrogen) atoms. The molecule has 0 unspecified atom stereocenters. The first-order chi connectivity index (χ1) is 15.6. The summed E-state index contributed by atoms with van der Waals surface area (Å²) in [5.41, 5.74) is 2.17. The smallest absolute Gasteiger partial charge is 0.338 e. The van der Waals surface area contributed by atoms with E-state index in [-0.39, 0.29) is 18.9 Å². The Bertz CT molecular complexity index is 1220. The van der Waals surface area contributed by atoms with E-state index in [1.165, 1.54) is 22.3 Å². The normalized spacial score (nSPS) is 10.5. The van der Waals surface area contributed by atoms with Gasteiger partial charge in [0, 0.05) is 5.38 Å². The molecule has 11 heteroatoms. The third-order valence-corrected chi connectivity index (χ3v) is 5.24. The van der Waals surface area contributed by atoms with E-state index in [1.807, 2.05) is 12.1 Å². The molecule has 1 amide bonds. The van der Waals surface area contributed by atoms with Crippen LogP contribution in [0.25, 0.3) is 5.69 Å². The number of aromatic nitrogens is 5. The Labute approximate surface area is 186 Å². The molecule has 0 radical (unpaired) electrons. The summed E-state index contributed by atoms with van der Waals surface area (Å²) in [6.45, 7) is -0.00142. The minimum absolute atomic E-state index is 0.00142. The standard InChI is InChI=1S/C21H18N6O4S/c1-30-18-8-3-2-7-17(18)24-19(28)10-20-23-15(12-32-20)11-31-21(29)14-5-4-6-16(9-14)27-13-22-25-26-27/h2-9,12-13H,10-11H2,1H3,(H,24,28). The monoisotopic (exact) mass is 450 g/mol. The zero-order valence-electron chi connectivity index (χ0n) is 17.0. The van der Waals surface area contributed by atoms with Gasteiger partial charge in [-0.25, -0.2) is 14.5 Å². The molecule has 0 atom stereocenters. The van der Waals surface area contributed by atoms with Crippen molar-refractivity contribution in [3.63, 3.8) is 0 Å². The molecule has 162 valence electrons. The van der Waals surface area contributed by atoms with Crippen LogP contribution in [0.2, 0.25) is 0 Å². The lowest BCUT2D eigenvalue weighted by Gasteiger charge is -2.08. The number of hydrogen-bond acceptors (Lipinski definition) is 9.